The van der Waals surface area contributed by atoms with Crippen molar-refractivity contribution < 1.29 is 19.1 Å². The van der Waals surface area contributed by atoms with Crippen LogP contribution in [-0.2, 0) is 4.79 Å². The van der Waals surface area contributed by atoms with Gasteiger partial charge in [0.1, 0.15) is 0 Å². The molecule has 1 rings (SSSR count). The standard InChI is InChI=1S/C14H20N2O4/c1-4-5-8-20-12-7-6-11(9-13(12)19-3)14(18)16-15-10(2)17/h6-7,9H,4-5,8H2,1-3H3,(H,15,17)(H,16,18). The van der Waals surface area contributed by atoms with Crippen molar-refractivity contribution in [2.24, 2.45) is 0 Å². The molecule has 0 saturated heterocycles. The zero-order chi connectivity index (χ0) is 15.0. The van der Waals surface area contributed by atoms with Crippen LogP contribution in [0.2, 0.25) is 0 Å². The minimum atomic E-state index is -0.418. The first-order valence-electron chi connectivity index (χ1n) is 6.46. The number of carbonyl (C=O) groups is 2. The van der Waals surface area contributed by atoms with Gasteiger partial charge in [-0.25, -0.2) is 0 Å². The van der Waals surface area contributed by atoms with Crippen molar-refractivity contribution in [3.05, 3.63) is 23.8 Å². The van der Waals surface area contributed by atoms with Gasteiger partial charge < -0.3 is 9.47 Å². The first kappa shape index (κ1) is 15.8. The predicted molar refractivity (Wildman–Crippen MR) is 74.7 cm³/mol. The van der Waals surface area contributed by atoms with E-state index in [0.717, 1.165) is 12.8 Å². The highest BCUT2D eigenvalue weighted by Gasteiger charge is 2.11. The van der Waals surface area contributed by atoms with Crippen LogP contribution >= 0.6 is 0 Å². The molecule has 0 aliphatic carbocycles. The van der Waals surface area contributed by atoms with E-state index in [2.05, 4.69) is 17.8 Å². The maximum Gasteiger partial charge on any atom is 0.269 e. The molecule has 2 amide bonds. The first-order chi connectivity index (χ1) is 9.58. The van der Waals surface area contributed by atoms with Gasteiger partial charge in [0.15, 0.2) is 11.5 Å². The van der Waals surface area contributed by atoms with E-state index in [-0.39, 0.29) is 5.91 Å². The van der Waals surface area contributed by atoms with Gasteiger partial charge in [-0.2, -0.15) is 0 Å². The van der Waals surface area contributed by atoms with Crippen molar-refractivity contribution >= 4 is 11.8 Å². The van der Waals surface area contributed by atoms with Gasteiger partial charge in [0.2, 0.25) is 5.91 Å². The molecule has 0 heterocycles. The molecule has 0 aliphatic heterocycles. The summed E-state index contributed by atoms with van der Waals surface area (Å²) in [5.74, 6) is 0.317. The number of hydrogen-bond donors (Lipinski definition) is 2. The van der Waals surface area contributed by atoms with Crippen LogP contribution < -0.4 is 20.3 Å². The number of carbonyl (C=O) groups excluding carboxylic acids is 2. The number of benzene rings is 1. The zero-order valence-electron chi connectivity index (χ0n) is 12.0. The molecule has 0 aromatic heterocycles. The molecule has 1 aromatic rings. The molecule has 0 fully saturated rings. The lowest BCUT2D eigenvalue weighted by Gasteiger charge is -2.12. The van der Waals surface area contributed by atoms with Gasteiger partial charge in [-0.1, -0.05) is 13.3 Å². The van der Waals surface area contributed by atoms with Crippen LogP contribution in [0.25, 0.3) is 0 Å². The highest BCUT2D eigenvalue weighted by Crippen LogP contribution is 2.28. The van der Waals surface area contributed by atoms with E-state index < -0.39 is 5.91 Å². The van der Waals surface area contributed by atoms with E-state index in [1.54, 1.807) is 18.2 Å². The van der Waals surface area contributed by atoms with E-state index in [1.807, 2.05) is 0 Å². The molecule has 6 nitrogen and oxygen atoms in total. The van der Waals surface area contributed by atoms with Gasteiger partial charge in [0.25, 0.3) is 5.91 Å². The molecule has 0 radical (unpaired) electrons. The number of amides is 2. The summed E-state index contributed by atoms with van der Waals surface area (Å²) >= 11 is 0. The highest BCUT2D eigenvalue weighted by molar-refractivity contribution is 5.95. The lowest BCUT2D eigenvalue weighted by atomic mass is 10.2. The quantitative estimate of drug-likeness (QED) is 0.613. The number of unbranched alkanes of at least 4 members (excludes halogenated alkanes) is 1. The summed E-state index contributed by atoms with van der Waals surface area (Å²) in [6, 6.07) is 4.86. The smallest absolute Gasteiger partial charge is 0.269 e. The largest absolute Gasteiger partial charge is 0.493 e. The molecule has 20 heavy (non-hydrogen) atoms. The molecule has 1 aromatic carbocycles. The normalized spacial score (nSPS) is 9.75. The minimum absolute atomic E-state index is 0.343. The van der Waals surface area contributed by atoms with E-state index in [1.165, 1.54) is 14.0 Å². The molecule has 110 valence electrons. The number of methoxy groups -OCH3 is 1. The second-order valence-electron chi connectivity index (χ2n) is 4.20. The van der Waals surface area contributed by atoms with Crippen molar-refractivity contribution in [2.75, 3.05) is 13.7 Å². The number of hydrogen-bond acceptors (Lipinski definition) is 4. The van der Waals surface area contributed by atoms with Crippen molar-refractivity contribution in [3.8, 4) is 11.5 Å². The second-order valence-corrected chi connectivity index (χ2v) is 4.20. The van der Waals surface area contributed by atoms with Gasteiger partial charge in [0.05, 0.1) is 13.7 Å². The maximum atomic E-state index is 11.8. The van der Waals surface area contributed by atoms with Crippen molar-refractivity contribution in [2.45, 2.75) is 26.7 Å². The Morgan fingerprint density at radius 3 is 2.55 bits per heavy atom. The van der Waals surface area contributed by atoms with E-state index in [9.17, 15) is 9.59 Å². The molecule has 2 N–H and O–H groups in total. The highest BCUT2D eigenvalue weighted by atomic mass is 16.5. The fourth-order valence-electron chi connectivity index (χ4n) is 1.47. The van der Waals surface area contributed by atoms with E-state index in [0.29, 0.717) is 23.7 Å². The second kappa shape index (κ2) is 8.04. The van der Waals surface area contributed by atoms with Gasteiger partial charge >= 0.3 is 0 Å². The van der Waals surface area contributed by atoms with Gasteiger partial charge in [-0.15, -0.1) is 0 Å². The Labute approximate surface area is 118 Å². The summed E-state index contributed by atoms with van der Waals surface area (Å²) in [5, 5.41) is 0. The zero-order valence-corrected chi connectivity index (χ0v) is 12.0. The molecular weight excluding hydrogens is 260 g/mol. The summed E-state index contributed by atoms with van der Waals surface area (Å²) in [7, 11) is 1.51. The third-order valence-electron chi connectivity index (χ3n) is 2.53. The molecule has 0 spiro atoms. The van der Waals surface area contributed by atoms with Crippen LogP contribution in [-0.4, -0.2) is 25.5 Å². The maximum absolute atomic E-state index is 11.8. The fraction of sp³-hybridized carbons (Fsp3) is 0.429. The Morgan fingerprint density at radius 1 is 1.20 bits per heavy atom. The molecule has 0 bridgehead atoms. The summed E-state index contributed by atoms with van der Waals surface area (Å²) in [4.78, 5) is 22.5. The third kappa shape index (κ3) is 4.79. The third-order valence-corrected chi connectivity index (χ3v) is 2.53. The van der Waals surface area contributed by atoms with E-state index in [4.69, 9.17) is 9.47 Å². The molecule has 0 atom stereocenters. The number of rotatable bonds is 6. The Balaban J connectivity index is 2.75. The Bertz CT molecular complexity index is 474. The van der Waals surface area contributed by atoms with E-state index >= 15 is 0 Å². The fourth-order valence-corrected chi connectivity index (χ4v) is 1.47. The molecule has 0 aliphatic rings. The lowest BCUT2D eigenvalue weighted by Crippen LogP contribution is -2.40. The van der Waals surface area contributed by atoms with Crippen LogP contribution in [0, 0.1) is 0 Å². The Morgan fingerprint density at radius 2 is 1.95 bits per heavy atom. The summed E-state index contributed by atoms with van der Waals surface area (Å²) in [6.07, 6.45) is 1.99. The predicted octanol–water partition coefficient (Wildman–Crippen LogP) is 1.65. The van der Waals surface area contributed by atoms with Crippen LogP contribution in [0.1, 0.15) is 37.0 Å². The van der Waals surface area contributed by atoms with Crippen LogP contribution in [0.4, 0.5) is 0 Å². The minimum Gasteiger partial charge on any atom is -0.493 e. The average molecular weight is 280 g/mol. The lowest BCUT2D eigenvalue weighted by molar-refractivity contribution is -0.119. The number of nitrogens with one attached hydrogen (secondary N) is 2. The summed E-state index contributed by atoms with van der Waals surface area (Å²) in [6.45, 7) is 3.99. The monoisotopic (exact) mass is 280 g/mol. The van der Waals surface area contributed by atoms with Gasteiger partial charge in [0, 0.05) is 12.5 Å². The number of ether oxygens (including phenoxy) is 2. The SMILES string of the molecule is CCCCOc1ccc(C(=O)NNC(C)=O)cc1OC. The van der Waals surface area contributed by atoms with Gasteiger partial charge in [-0.3, -0.25) is 20.4 Å². The molecule has 0 unspecified atom stereocenters. The molecule has 0 saturated carbocycles. The summed E-state index contributed by atoms with van der Waals surface area (Å²) < 4.78 is 10.8. The molecular formula is C14H20N2O4. The molecule has 6 heteroatoms. The van der Waals surface area contributed by atoms with Crippen LogP contribution in [0.15, 0.2) is 18.2 Å². The Hall–Kier alpha value is -2.24. The number of hydrazine groups is 1. The topological polar surface area (TPSA) is 76.7 Å². The van der Waals surface area contributed by atoms with Crippen molar-refractivity contribution in [1.82, 2.24) is 10.9 Å². The Kier molecular flexibility index (Phi) is 6.36. The first-order valence-corrected chi connectivity index (χ1v) is 6.46. The summed E-state index contributed by atoms with van der Waals surface area (Å²) in [5.41, 5.74) is 4.89. The van der Waals surface area contributed by atoms with Crippen molar-refractivity contribution in [3.63, 3.8) is 0 Å². The average Bonchev–Trinajstić information content (AvgIpc) is 2.45. The van der Waals surface area contributed by atoms with Crippen LogP contribution in [0.3, 0.4) is 0 Å². The van der Waals surface area contributed by atoms with Crippen LogP contribution in [0.5, 0.6) is 11.5 Å². The van der Waals surface area contributed by atoms with Gasteiger partial charge in [-0.05, 0) is 24.6 Å². The van der Waals surface area contributed by atoms with Crippen molar-refractivity contribution in [1.29, 1.82) is 0 Å².